The molecule has 1 aromatic rings. The largest absolute Gasteiger partial charge is 0.372 e. The van der Waals surface area contributed by atoms with E-state index in [-0.39, 0.29) is 18.1 Å². The van der Waals surface area contributed by atoms with Gasteiger partial charge < -0.3 is 20.3 Å². The first-order valence-corrected chi connectivity index (χ1v) is 10.1. The Bertz CT molecular complexity index is 643. The number of nitrogens with one attached hydrogen (secondary N) is 2. The average Bonchev–Trinajstić information content (AvgIpc) is 3.17. The lowest BCUT2D eigenvalue weighted by Crippen LogP contribution is -2.48. The van der Waals surface area contributed by atoms with Gasteiger partial charge in [0.25, 0.3) is 5.91 Å². The number of rotatable bonds is 4. The molecule has 1 aliphatic carbocycles. The normalized spacial score (nSPS) is 24.1. The maximum Gasteiger partial charge on any atom is 0.254 e. The molecule has 2 fully saturated rings. The molecular weight excluding hydrogens is 340 g/mol. The molecule has 0 spiro atoms. The molecule has 2 N–H and O–H groups in total. The van der Waals surface area contributed by atoms with E-state index < -0.39 is 0 Å². The average molecular weight is 373 g/mol. The zero-order valence-electron chi connectivity index (χ0n) is 16.7. The van der Waals surface area contributed by atoms with Crippen molar-refractivity contribution in [3.05, 3.63) is 35.4 Å². The Kier molecular flexibility index (Phi) is 6.72. The quantitative estimate of drug-likeness (QED) is 0.630. The number of carbonyl (C=O) groups excluding carboxylic acids is 1. The summed E-state index contributed by atoms with van der Waals surface area (Å²) in [4.78, 5) is 18.9. The summed E-state index contributed by atoms with van der Waals surface area (Å²) in [5, 5.41) is 6.85. The second-order valence-electron chi connectivity index (χ2n) is 7.72. The van der Waals surface area contributed by atoms with Crippen LogP contribution in [0.2, 0.25) is 0 Å². The van der Waals surface area contributed by atoms with Gasteiger partial charge in [-0.1, -0.05) is 25.0 Å². The third-order valence-electron chi connectivity index (χ3n) is 5.29. The molecule has 148 valence electrons. The van der Waals surface area contributed by atoms with Crippen molar-refractivity contribution in [2.24, 2.45) is 4.99 Å². The van der Waals surface area contributed by atoms with E-state index in [1.54, 1.807) is 7.05 Å². The molecule has 1 aromatic carbocycles. The summed E-state index contributed by atoms with van der Waals surface area (Å²) in [5.74, 6) is 0.925. The summed E-state index contributed by atoms with van der Waals surface area (Å²) in [5.41, 5.74) is 1.86. The molecule has 1 saturated carbocycles. The van der Waals surface area contributed by atoms with Gasteiger partial charge >= 0.3 is 0 Å². The van der Waals surface area contributed by atoms with Crippen LogP contribution in [0.25, 0.3) is 0 Å². The lowest BCUT2D eigenvalue weighted by Gasteiger charge is -2.35. The van der Waals surface area contributed by atoms with Crippen LogP contribution in [0.3, 0.4) is 0 Å². The SMILES string of the molecule is CN=C(NCc1ccc(C(=O)N2CC(C)OC(C)C2)cc1)NC1CCCC1. The summed E-state index contributed by atoms with van der Waals surface area (Å²) in [6.07, 6.45) is 5.20. The highest BCUT2D eigenvalue weighted by molar-refractivity contribution is 5.94. The summed E-state index contributed by atoms with van der Waals surface area (Å²) < 4.78 is 5.71. The van der Waals surface area contributed by atoms with Crippen molar-refractivity contribution in [2.75, 3.05) is 20.1 Å². The van der Waals surface area contributed by atoms with E-state index in [2.05, 4.69) is 15.6 Å². The molecule has 0 radical (unpaired) electrons. The fourth-order valence-electron chi connectivity index (χ4n) is 3.94. The van der Waals surface area contributed by atoms with Gasteiger partial charge in [-0.25, -0.2) is 0 Å². The van der Waals surface area contributed by atoms with Gasteiger partial charge in [0, 0.05) is 38.3 Å². The molecule has 6 heteroatoms. The number of aliphatic imine (C=N–C) groups is 1. The van der Waals surface area contributed by atoms with Gasteiger partial charge in [0.15, 0.2) is 5.96 Å². The van der Waals surface area contributed by atoms with Gasteiger partial charge in [0.2, 0.25) is 0 Å². The third-order valence-corrected chi connectivity index (χ3v) is 5.29. The monoisotopic (exact) mass is 372 g/mol. The lowest BCUT2D eigenvalue weighted by molar-refractivity contribution is -0.0586. The molecule has 0 aromatic heterocycles. The zero-order chi connectivity index (χ0) is 19.2. The number of nitrogens with zero attached hydrogens (tertiary/aromatic N) is 2. The first kappa shape index (κ1) is 19.7. The minimum absolute atomic E-state index is 0.0789. The molecule has 2 atom stereocenters. The molecule has 6 nitrogen and oxygen atoms in total. The van der Waals surface area contributed by atoms with Gasteiger partial charge in [-0.2, -0.15) is 0 Å². The fraction of sp³-hybridized carbons (Fsp3) is 0.619. The van der Waals surface area contributed by atoms with Gasteiger partial charge in [-0.15, -0.1) is 0 Å². The number of morpholine rings is 1. The maximum absolute atomic E-state index is 12.7. The van der Waals surface area contributed by atoms with Crippen molar-refractivity contribution in [3.63, 3.8) is 0 Å². The fourth-order valence-corrected chi connectivity index (χ4v) is 3.94. The first-order chi connectivity index (χ1) is 13.0. The minimum Gasteiger partial charge on any atom is -0.372 e. The van der Waals surface area contributed by atoms with E-state index in [9.17, 15) is 4.79 Å². The van der Waals surface area contributed by atoms with Crippen molar-refractivity contribution in [2.45, 2.75) is 64.3 Å². The van der Waals surface area contributed by atoms with Crippen molar-refractivity contribution in [3.8, 4) is 0 Å². The second-order valence-corrected chi connectivity index (χ2v) is 7.72. The molecule has 1 heterocycles. The topological polar surface area (TPSA) is 66.0 Å². The van der Waals surface area contributed by atoms with Crippen LogP contribution in [-0.4, -0.2) is 55.2 Å². The Hall–Kier alpha value is -2.08. The highest BCUT2D eigenvalue weighted by atomic mass is 16.5. The predicted molar refractivity (Wildman–Crippen MR) is 108 cm³/mol. The summed E-state index contributed by atoms with van der Waals surface area (Å²) in [6.45, 7) is 6.01. The molecule has 1 saturated heterocycles. The first-order valence-electron chi connectivity index (χ1n) is 10.1. The summed E-state index contributed by atoms with van der Waals surface area (Å²) >= 11 is 0. The number of amides is 1. The van der Waals surface area contributed by atoms with Crippen LogP contribution < -0.4 is 10.6 Å². The van der Waals surface area contributed by atoms with E-state index in [0.717, 1.165) is 17.1 Å². The van der Waals surface area contributed by atoms with E-state index in [1.165, 1.54) is 25.7 Å². The Morgan fingerprint density at radius 2 is 1.78 bits per heavy atom. The van der Waals surface area contributed by atoms with Crippen molar-refractivity contribution < 1.29 is 9.53 Å². The van der Waals surface area contributed by atoms with Crippen LogP contribution in [0.1, 0.15) is 55.5 Å². The van der Waals surface area contributed by atoms with E-state index in [4.69, 9.17) is 4.74 Å². The predicted octanol–water partition coefficient (Wildman–Crippen LogP) is 2.54. The van der Waals surface area contributed by atoms with Crippen LogP contribution in [0.5, 0.6) is 0 Å². The Morgan fingerprint density at radius 3 is 2.37 bits per heavy atom. The number of hydrogen-bond donors (Lipinski definition) is 2. The molecule has 2 aliphatic rings. The summed E-state index contributed by atoms with van der Waals surface area (Å²) in [7, 11) is 1.80. The van der Waals surface area contributed by atoms with Crippen molar-refractivity contribution >= 4 is 11.9 Å². The summed E-state index contributed by atoms with van der Waals surface area (Å²) in [6, 6.07) is 8.39. The lowest BCUT2D eigenvalue weighted by atomic mass is 10.1. The molecule has 1 amide bonds. The number of benzene rings is 1. The van der Waals surface area contributed by atoms with Gasteiger partial charge in [0.1, 0.15) is 0 Å². The number of guanidine groups is 1. The maximum atomic E-state index is 12.7. The van der Waals surface area contributed by atoms with Gasteiger partial charge in [0.05, 0.1) is 12.2 Å². The van der Waals surface area contributed by atoms with Crippen LogP contribution >= 0.6 is 0 Å². The number of ether oxygens (including phenoxy) is 1. The van der Waals surface area contributed by atoms with E-state index in [0.29, 0.717) is 25.7 Å². The molecule has 0 bridgehead atoms. The minimum atomic E-state index is 0.0789. The van der Waals surface area contributed by atoms with Crippen LogP contribution in [0.4, 0.5) is 0 Å². The zero-order valence-corrected chi connectivity index (χ0v) is 16.7. The van der Waals surface area contributed by atoms with Crippen molar-refractivity contribution in [1.82, 2.24) is 15.5 Å². The van der Waals surface area contributed by atoms with E-state index >= 15 is 0 Å². The highest BCUT2D eigenvalue weighted by Crippen LogP contribution is 2.17. The van der Waals surface area contributed by atoms with Gasteiger partial charge in [-0.3, -0.25) is 9.79 Å². The Balaban J connectivity index is 1.52. The van der Waals surface area contributed by atoms with Crippen LogP contribution in [-0.2, 0) is 11.3 Å². The van der Waals surface area contributed by atoms with Crippen LogP contribution in [0.15, 0.2) is 29.3 Å². The number of carbonyl (C=O) groups is 1. The second kappa shape index (κ2) is 9.22. The number of hydrogen-bond acceptors (Lipinski definition) is 3. The molecule has 27 heavy (non-hydrogen) atoms. The molecular formula is C21H32N4O2. The Morgan fingerprint density at radius 1 is 1.15 bits per heavy atom. The van der Waals surface area contributed by atoms with Crippen molar-refractivity contribution in [1.29, 1.82) is 0 Å². The standard InChI is InChI=1S/C21H32N4O2/c1-15-13-25(14-16(2)27-15)20(26)18-10-8-17(9-11-18)12-23-21(22-3)24-19-6-4-5-7-19/h8-11,15-16,19H,4-7,12-14H2,1-3H3,(H2,22,23,24). The highest BCUT2D eigenvalue weighted by Gasteiger charge is 2.26. The molecule has 1 aliphatic heterocycles. The molecule has 3 rings (SSSR count). The third kappa shape index (κ3) is 5.45. The Labute approximate surface area is 162 Å². The van der Waals surface area contributed by atoms with Gasteiger partial charge in [-0.05, 0) is 44.4 Å². The smallest absolute Gasteiger partial charge is 0.254 e. The van der Waals surface area contributed by atoms with E-state index in [1.807, 2.05) is 43.0 Å². The van der Waals surface area contributed by atoms with Crippen LogP contribution in [0, 0.1) is 0 Å². The molecule has 2 unspecified atom stereocenters.